The summed E-state index contributed by atoms with van der Waals surface area (Å²) in [4.78, 5) is 23.9. The number of anilines is 1. The summed E-state index contributed by atoms with van der Waals surface area (Å²) in [7, 11) is 0. The van der Waals surface area contributed by atoms with Gasteiger partial charge in [-0.25, -0.2) is 0 Å². The molecule has 0 bridgehead atoms. The highest BCUT2D eigenvalue weighted by molar-refractivity contribution is 8.05. The molecule has 1 aliphatic heterocycles. The number of hydrogen-bond donors (Lipinski definition) is 2. The molecule has 1 aromatic heterocycles. The first kappa shape index (κ1) is 21.7. The van der Waals surface area contributed by atoms with Crippen molar-refractivity contribution >= 4 is 35.1 Å². The largest absolute Gasteiger partial charge is 0.457 e. The van der Waals surface area contributed by atoms with Gasteiger partial charge in [-0.15, -0.1) is 0 Å². The van der Waals surface area contributed by atoms with Crippen molar-refractivity contribution in [3.63, 3.8) is 0 Å². The average molecular weight is 450 g/mol. The minimum absolute atomic E-state index is 0.0583. The van der Waals surface area contributed by atoms with Gasteiger partial charge in [-0.3, -0.25) is 14.9 Å². The maximum absolute atomic E-state index is 12.4. The number of hydrogen-bond acceptors (Lipinski definition) is 6. The third-order valence-electron chi connectivity index (χ3n) is 5.41. The van der Waals surface area contributed by atoms with Crippen LogP contribution in [0.1, 0.15) is 29.4 Å². The van der Waals surface area contributed by atoms with Crippen molar-refractivity contribution in [2.75, 3.05) is 5.32 Å². The van der Waals surface area contributed by atoms with Gasteiger partial charge in [-0.2, -0.15) is 0 Å². The van der Waals surface area contributed by atoms with Gasteiger partial charge in [0, 0.05) is 29.0 Å². The lowest BCUT2D eigenvalue weighted by atomic mass is 10.0. The number of furan rings is 1. The Bertz CT molecular complexity index is 1210. The monoisotopic (exact) mass is 449 g/mol. The molecule has 0 radical (unpaired) electrons. The minimum Gasteiger partial charge on any atom is -0.457 e. The van der Waals surface area contributed by atoms with Crippen LogP contribution >= 0.6 is 11.8 Å². The van der Waals surface area contributed by atoms with Crippen LogP contribution in [0.3, 0.4) is 0 Å². The number of carbonyl (C=O) groups excluding carboxylic acids is 1. The molecule has 1 saturated heterocycles. The molecule has 7 nitrogen and oxygen atoms in total. The average Bonchev–Trinajstić information content (AvgIpc) is 3.37. The number of nitrogens with one attached hydrogen (secondary N) is 2. The first-order valence-corrected chi connectivity index (χ1v) is 11.1. The van der Waals surface area contributed by atoms with Crippen LogP contribution in [0.4, 0.5) is 11.4 Å². The van der Waals surface area contributed by atoms with Crippen LogP contribution in [0, 0.1) is 24.0 Å². The Hall–Kier alpha value is -3.52. The Morgan fingerprint density at radius 2 is 1.94 bits per heavy atom. The van der Waals surface area contributed by atoms with E-state index < -0.39 is 0 Å². The molecule has 32 heavy (non-hydrogen) atoms. The van der Waals surface area contributed by atoms with Crippen LogP contribution in [-0.4, -0.2) is 16.3 Å². The second kappa shape index (κ2) is 8.92. The molecule has 8 heteroatoms. The Kier molecular flexibility index (Phi) is 6.05. The summed E-state index contributed by atoms with van der Waals surface area (Å²) in [5.41, 5.74) is 4.04. The molecular formula is C24H23N3O4S. The zero-order valence-electron chi connectivity index (χ0n) is 18.0. The van der Waals surface area contributed by atoms with Gasteiger partial charge >= 0.3 is 0 Å². The minimum atomic E-state index is -0.389. The van der Waals surface area contributed by atoms with Crippen molar-refractivity contribution in [2.24, 2.45) is 0 Å². The second-order valence-electron chi connectivity index (χ2n) is 7.57. The quantitative estimate of drug-likeness (QED) is 0.287. The molecule has 3 aromatic rings. The van der Waals surface area contributed by atoms with Crippen LogP contribution in [-0.2, 0) is 11.2 Å². The standard InChI is InChI=1S/C24H23N3O4S/c1-4-16-5-7-18(8-6-16)25-24-26-23(28)22(32-24)13-19-9-10-21(31-19)17-11-14(2)15(3)20(12-17)27(29)30/h5-13,24-25H,4H2,1-3H3,(H,26,28)/b22-13-/t24-/m1/s1. The normalized spacial score (nSPS) is 16.9. The third-order valence-corrected chi connectivity index (χ3v) is 6.44. The van der Waals surface area contributed by atoms with Crippen molar-refractivity contribution in [2.45, 2.75) is 32.7 Å². The Labute approximate surface area is 190 Å². The number of aryl methyl sites for hydroxylation is 2. The molecule has 0 aliphatic carbocycles. The van der Waals surface area contributed by atoms with Gasteiger partial charge in [-0.1, -0.05) is 30.8 Å². The molecule has 0 unspecified atom stereocenters. The number of rotatable bonds is 6. The molecule has 1 amide bonds. The van der Waals surface area contributed by atoms with E-state index in [0.29, 0.717) is 27.6 Å². The third kappa shape index (κ3) is 4.55. The summed E-state index contributed by atoms with van der Waals surface area (Å²) in [5.74, 6) is 0.834. The number of benzene rings is 2. The summed E-state index contributed by atoms with van der Waals surface area (Å²) in [6.45, 7) is 5.67. The molecule has 1 aliphatic rings. The molecule has 2 N–H and O–H groups in total. The molecule has 0 saturated carbocycles. The topological polar surface area (TPSA) is 97.4 Å². The molecule has 2 aromatic carbocycles. The summed E-state index contributed by atoms with van der Waals surface area (Å²) >= 11 is 1.37. The zero-order chi connectivity index (χ0) is 22.8. The number of amides is 1. The van der Waals surface area contributed by atoms with E-state index in [2.05, 4.69) is 29.7 Å². The van der Waals surface area contributed by atoms with Crippen LogP contribution in [0.25, 0.3) is 17.4 Å². The first-order valence-electron chi connectivity index (χ1n) is 10.2. The summed E-state index contributed by atoms with van der Waals surface area (Å²) in [5, 5.41) is 17.5. The van der Waals surface area contributed by atoms with Crippen molar-refractivity contribution < 1.29 is 14.1 Å². The van der Waals surface area contributed by atoms with Crippen molar-refractivity contribution in [1.29, 1.82) is 0 Å². The molecular weight excluding hydrogens is 426 g/mol. The Morgan fingerprint density at radius 1 is 1.19 bits per heavy atom. The molecule has 1 atom stereocenters. The Balaban J connectivity index is 1.50. The summed E-state index contributed by atoms with van der Waals surface area (Å²) in [6.07, 6.45) is 2.66. The van der Waals surface area contributed by atoms with Crippen molar-refractivity contribution in [3.05, 3.63) is 86.0 Å². The predicted molar refractivity (Wildman–Crippen MR) is 127 cm³/mol. The fourth-order valence-corrected chi connectivity index (χ4v) is 4.41. The number of carbonyl (C=O) groups is 1. The number of thioether (sulfide) groups is 1. The van der Waals surface area contributed by atoms with Gasteiger partial charge in [0.25, 0.3) is 11.6 Å². The fourth-order valence-electron chi connectivity index (χ4n) is 3.44. The van der Waals surface area contributed by atoms with Crippen LogP contribution < -0.4 is 10.6 Å². The van der Waals surface area contributed by atoms with E-state index in [4.69, 9.17) is 4.42 Å². The maximum atomic E-state index is 12.4. The smallest absolute Gasteiger partial charge is 0.273 e. The van der Waals surface area contributed by atoms with E-state index in [1.807, 2.05) is 25.1 Å². The van der Waals surface area contributed by atoms with Crippen molar-refractivity contribution in [3.8, 4) is 11.3 Å². The van der Waals surface area contributed by atoms with Crippen molar-refractivity contribution in [1.82, 2.24) is 5.32 Å². The molecule has 4 rings (SSSR count). The highest BCUT2D eigenvalue weighted by atomic mass is 32.2. The SMILES string of the molecule is CCc1ccc(N[C@@H]2NC(=O)/C(=C/c3ccc(-c4cc(C)c(C)c([N+](=O)[O-])c4)o3)S2)cc1. The molecule has 2 heterocycles. The predicted octanol–water partition coefficient (Wildman–Crippen LogP) is 5.63. The highest BCUT2D eigenvalue weighted by Crippen LogP contribution is 2.33. The lowest BCUT2D eigenvalue weighted by Gasteiger charge is -2.12. The first-order chi connectivity index (χ1) is 15.3. The van der Waals surface area contributed by atoms with E-state index in [9.17, 15) is 14.9 Å². The molecule has 1 fully saturated rings. The Morgan fingerprint density at radius 3 is 2.62 bits per heavy atom. The summed E-state index contributed by atoms with van der Waals surface area (Å²) in [6, 6.07) is 15.0. The van der Waals surface area contributed by atoms with E-state index in [1.54, 1.807) is 25.1 Å². The van der Waals surface area contributed by atoms with Crippen LogP contribution in [0.2, 0.25) is 0 Å². The van der Waals surface area contributed by atoms with Crippen LogP contribution in [0.15, 0.2) is 57.9 Å². The molecule has 0 spiro atoms. The number of nitrogens with zero attached hydrogens (tertiary/aromatic N) is 1. The van der Waals surface area contributed by atoms with Gasteiger partial charge in [0.1, 0.15) is 11.5 Å². The van der Waals surface area contributed by atoms with Gasteiger partial charge < -0.3 is 15.1 Å². The highest BCUT2D eigenvalue weighted by Gasteiger charge is 2.27. The zero-order valence-corrected chi connectivity index (χ0v) is 18.8. The second-order valence-corrected chi connectivity index (χ2v) is 8.72. The van der Waals surface area contributed by atoms with E-state index in [1.165, 1.54) is 23.4 Å². The van der Waals surface area contributed by atoms with E-state index in [-0.39, 0.29) is 22.0 Å². The fraction of sp³-hybridized carbons (Fsp3) is 0.208. The molecule has 164 valence electrons. The van der Waals surface area contributed by atoms with Crippen LogP contribution in [0.5, 0.6) is 0 Å². The maximum Gasteiger partial charge on any atom is 0.273 e. The van der Waals surface area contributed by atoms with Gasteiger partial charge in [0.2, 0.25) is 0 Å². The van der Waals surface area contributed by atoms with E-state index >= 15 is 0 Å². The summed E-state index contributed by atoms with van der Waals surface area (Å²) < 4.78 is 5.88. The lowest BCUT2D eigenvalue weighted by molar-refractivity contribution is -0.385. The number of nitro benzene ring substituents is 1. The van der Waals surface area contributed by atoms with Gasteiger partial charge in [0.15, 0.2) is 5.50 Å². The van der Waals surface area contributed by atoms with Gasteiger partial charge in [0.05, 0.1) is 9.83 Å². The number of nitro groups is 1. The lowest BCUT2D eigenvalue weighted by Crippen LogP contribution is -2.30. The van der Waals surface area contributed by atoms with Gasteiger partial charge in [-0.05, 0) is 61.7 Å². The van der Waals surface area contributed by atoms with E-state index in [0.717, 1.165) is 17.7 Å².